The molecule has 0 bridgehead atoms. The third-order valence-corrected chi connectivity index (χ3v) is 4.68. The number of hydrogen-bond acceptors (Lipinski definition) is 4. The van der Waals surface area contributed by atoms with Crippen LogP contribution >= 0.6 is 23.2 Å². The standard InChI is InChI=1S/C18H23Cl2N3O4/c1-11(2)23-9-12(7-17(23)25)18(26)22-6-5-21-16(24)10-27-15-4-3-13(19)8-14(15)20/h3-4,8,11-12H,5-7,9-10H2,1-2H3,(H,21,24)(H,22,26). The zero-order chi connectivity index (χ0) is 20.0. The lowest BCUT2D eigenvalue weighted by Gasteiger charge is -2.20. The molecule has 3 amide bonds. The summed E-state index contributed by atoms with van der Waals surface area (Å²) in [6.07, 6.45) is 0.228. The Kier molecular flexibility index (Phi) is 7.74. The summed E-state index contributed by atoms with van der Waals surface area (Å²) in [6.45, 7) is 4.62. The molecule has 0 radical (unpaired) electrons. The van der Waals surface area contributed by atoms with Crippen molar-refractivity contribution in [2.75, 3.05) is 26.2 Å². The summed E-state index contributed by atoms with van der Waals surface area (Å²) in [5, 5.41) is 6.18. The fraction of sp³-hybridized carbons (Fsp3) is 0.500. The highest BCUT2D eigenvalue weighted by Gasteiger charge is 2.35. The van der Waals surface area contributed by atoms with Crippen LogP contribution in [0.5, 0.6) is 5.75 Å². The smallest absolute Gasteiger partial charge is 0.258 e. The Morgan fingerprint density at radius 1 is 1.26 bits per heavy atom. The number of amides is 3. The third-order valence-electron chi connectivity index (χ3n) is 4.15. The molecule has 1 heterocycles. The Morgan fingerprint density at radius 2 is 1.96 bits per heavy atom. The lowest BCUT2D eigenvalue weighted by molar-refractivity contribution is -0.129. The van der Waals surface area contributed by atoms with Crippen molar-refractivity contribution in [3.05, 3.63) is 28.2 Å². The molecule has 27 heavy (non-hydrogen) atoms. The number of benzene rings is 1. The normalized spacial score (nSPS) is 16.6. The first-order chi connectivity index (χ1) is 12.8. The number of carbonyl (C=O) groups is 3. The van der Waals surface area contributed by atoms with E-state index in [1.165, 1.54) is 6.07 Å². The second-order valence-electron chi connectivity index (χ2n) is 6.55. The van der Waals surface area contributed by atoms with E-state index in [1.54, 1.807) is 17.0 Å². The largest absolute Gasteiger partial charge is 0.482 e. The Labute approximate surface area is 168 Å². The van der Waals surface area contributed by atoms with Crippen LogP contribution in [0.2, 0.25) is 10.0 Å². The summed E-state index contributed by atoms with van der Waals surface area (Å²) < 4.78 is 5.33. The first-order valence-corrected chi connectivity index (χ1v) is 9.45. The zero-order valence-corrected chi connectivity index (χ0v) is 16.8. The Morgan fingerprint density at radius 3 is 2.59 bits per heavy atom. The highest BCUT2D eigenvalue weighted by atomic mass is 35.5. The summed E-state index contributed by atoms with van der Waals surface area (Å²) in [4.78, 5) is 37.5. The number of carbonyl (C=O) groups excluding carboxylic acids is 3. The molecule has 2 N–H and O–H groups in total. The van der Waals surface area contributed by atoms with Gasteiger partial charge in [-0.1, -0.05) is 23.2 Å². The van der Waals surface area contributed by atoms with Crippen molar-refractivity contribution in [2.45, 2.75) is 26.3 Å². The van der Waals surface area contributed by atoms with Gasteiger partial charge in [0.1, 0.15) is 5.75 Å². The van der Waals surface area contributed by atoms with Gasteiger partial charge in [0.25, 0.3) is 5.91 Å². The predicted octanol–water partition coefficient (Wildman–Crippen LogP) is 1.86. The zero-order valence-electron chi connectivity index (χ0n) is 15.3. The molecule has 1 aromatic rings. The fourth-order valence-electron chi connectivity index (χ4n) is 2.72. The van der Waals surface area contributed by atoms with Gasteiger partial charge in [-0.15, -0.1) is 0 Å². The molecular formula is C18H23Cl2N3O4. The molecule has 1 atom stereocenters. The van der Waals surface area contributed by atoms with E-state index in [1.807, 2.05) is 13.8 Å². The number of nitrogens with zero attached hydrogens (tertiary/aromatic N) is 1. The van der Waals surface area contributed by atoms with Crippen molar-refractivity contribution in [1.82, 2.24) is 15.5 Å². The van der Waals surface area contributed by atoms with Crippen molar-refractivity contribution in [2.24, 2.45) is 5.92 Å². The number of ether oxygens (including phenoxy) is 1. The maximum absolute atomic E-state index is 12.1. The monoisotopic (exact) mass is 415 g/mol. The van der Waals surface area contributed by atoms with Gasteiger partial charge in [-0.2, -0.15) is 0 Å². The van der Waals surface area contributed by atoms with Crippen LogP contribution in [0.1, 0.15) is 20.3 Å². The number of hydrogen-bond donors (Lipinski definition) is 2. The SMILES string of the molecule is CC(C)N1CC(C(=O)NCCNC(=O)COc2ccc(Cl)cc2Cl)CC1=O. The third kappa shape index (κ3) is 6.29. The Hall–Kier alpha value is -1.99. The van der Waals surface area contributed by atoms with Crippen LogP contribution in [-0.4, -0.2) is 54.9 Å². The Balaban J connectivity index is 1.64. The van der Waals surface area contributed by atoms with Gasteiger partial charge < -0.3 is 20.3 Å². The number of rotatable bonds is 8. The van der Waals surface area contributed by atoms with Gasteiger partial charge in [0, 0.05) is 37.1 Å². The van der Waals surface area contributed by atoms with E-state index >= 15 is 0 Å². The average molecular weight is 416 g/mol. The maximum atomic E-state index is 12.1. The van der Waals surface area contributed by atoms with E-state index in [-0.39, 0.29) is 55.8 Å². The van der Waals surface area contributed by atoms with E-state index in [2.05, 4.69) is 10.6 Å². The summed E-state index contributed by atoms with van der Waals surface area (Å²) in [6, 6.07) is 4.81. The molecule has 0 saturated carbocycles. The van der Waals surface area contributed by atoms with Crippen molar-refractivity contribution < 1.29 is 19.1 Å². The predicted molar refractivity (Wildman–Crippen MR) is 103 cm³/mol. The molecule has 1 fully saturated rings. The molecule has 0 aliphatic carbocycles. The average Bonchev–Trinajstić information content (AvgIpc) is 3.00. The van der Waals surface area contributed by atoms with E-state index in [0.29, 0.717) is 22.3 Å². The van der Waals surface area contributed by atoms with Crippen LogP contribution in [0.4, 0.5) is 0 Å². The molecule has 1 saturated heterocycles. The molecular weight excluding hydrogens is 393 g/mol. The van der Waals surface area contributed by atoms with Gasteiger partial charge in [0.15, 0.2) is 6.61 Å². The second kappa shape index (κ2) is 9.80. The van der Waals surface area contributed by atoms with Crippen LogP contribution in [-0.2, 0) is 14.4 Å². The van der Waals surface area contributed by atoms with Crippen LogP contribution in [0.25, 0.3) is 0 Å². The first-order valence-electron chi connectivity index (χ1n) is 8.69. The van der Waals surface area contributed by atoms with E-state index in [4.69, 9.17) is 27.9 Å². The van der Waals surface area contributed by atoms with Gasteiger partial charge in [-0.25, -0.2) is 0 Å². The molecule has 1 unspecified atom stereocenters. The lowest BCUT2D eigenvalue weighted by Crippen LogP contribution is -2.40. The summed E-state index contributed by atoms with van der Waals surface area (Å²) in [5.41, 5.74) is 0. The molecule has 0 spiro atoms. The highest BCUT2D eigenvalue weighted by molar-refractivity contribution is 6.35. The molecule has 9 heteroatoms. The van der Waals surface area contributed by atoms with E-state index in [9.17, 15) is 14.4 Å². The molecule has 1 aromatic carbocycles. The van der Waals surface area contributed by atoms with Crippen molar-refractivity contribution in [3.8, 4) is 5.75 Å². The van der Waals surface area contributed by atoms with Gasteiger partial charge >= 0.3 is 0 Å². The van der Waals surface area contributed by atoms with Gasteiger partial charge in [-0.3, -0.25) is 14.4 Å². The summed E-state index contributed by atoms with van der Waals surface area (Å²) in [5.74, 6) is -0.491. The van der Waals surface area contributed by atoms with Gasteiger partial charge in [-0.05, 0) is 32.0 Å². The summed E-state index contributed by atoms with van der Waals surface area (Å²) in [7, 11) is 0. The maximum Gasteiger partial charge on any atom is 0.258 e. The van der Waals surface area contributed by atoms with E-state index < -0.39 is 0 Å². The number of likely N-dealkylation sites (tertiary alicyclic amines) is 1. The van der Waals surface area contributed by atoms with Crippen LogP contribution in [0, 0.1) is 5.92 Å². The molecule has 2 rings (SSSR count). The minimum Gasteiger partial charge on any atom is -0.482 e. The second-order valence-corrected chi connectivity index (χ2v) is 7.39. The Bertz CT molecular complexity index is 712. The fourth-order valence-corrected chi connectivity index (χ4v) is 3.19. The van der Waals surface area contributed by atoms with Crippen molar-refractivity contribution in [3.63, 3.8) is 0 Å². The van der Waals surface area contributed by atoms with Crippen LogP contribution in [0.3, 0.4) is 0 Å². The molecule has 148 valence electrons. The number of halogens is 2. The number of nitrogens with one attached hydrogen (secondary N) is 2. The minimum atomic E-state index is -0.342. The molecule has 1 aliphatic heterocycles. The molecule has 7 nitrogen and oxygen atoms in total. The topological polar surface area (TPSA) is 87.7 Å². The highest BCUT2D eigenvalue weighted by Crippen LogP contribution is 2.27. The summed E-state index contributed by atoms with van der Waals surface area (Å²) >= 11 is 11.8. The van der Waals surface area contributed by atoms with Crippen LogP contribution < -0.4 is 15.4 Å². The van der Waals surface area contributed by atoms with E-state index in [0.717, 1.165) is 0 Å². The van der Waals surface area contributed by atoms with Crippen molar-refractivity contribution >= 4 is 40.9 Å². The quantitative estimate of drug-likeness (QED) is 0.634. The van der Waals surface area contributed by atoms with Gasteiger partial charge in [0.05, 0.1) is 10.9 Å². The van der Waals surface area contributed by atoms with Crippen LogP contribution in [0.15, 0.2) is 18.2 Å². The van der Waals surface area contributed by atoms with Gasteiger partial charge in [0.2, 0.25) is 11.8 Å². The molecule has 0 aromatic heterocycles. The van der Waals surface area contributed by atoms with Crippen molar-refractivity contribution in [1.29, 1.82) is 0 Å². The first kappa shape index (κ1) is 21.3. The minimum absolute atomic E-state index is 0.00328. The lowest BCUT2D eigenvalue weighted by atomic mass is 10.1. The molecule has 1 aliphatic rings.